The van der Waals surface area contributed by atoms with E-state index in [1.807, 2.05) is 6.08 Å². The molecule has 3 N–H and O–H groups in total. The Morgan fingerprint density at radius 2 is 0.536 bits per heavy atom. The van der Waals surface area contributed by atoms with Crippen LogP contribution in [0.5, 0.6) is 0 Å². The first-order valence-corrected chi connectivity index (χ1v) is 37.5. The van der Waals surface area contributed by atoms with E-state index in [0.29, 0.717) is 6.42 Å². The molecule has 0 aliphatic rings. The number of allylic oxidation sites excluding steroid dienone is 15. The molecule has 488 valence electrons. The third-order valence-electron chi connectivity index (χ3n) is 17.0. The van der Waals surface area contributed by atoms with Gasteiger partial charge in [0.15, 0.2) is 0 Å². The number of aliphatic hydroxyl groups excluding tert-OH is 2. The van der Waals surface area contributed by atoms with E-state index >= 15 is 0 Å². The van der Waals surface area contributed by atoms with Gasteiger partial charge in [-0.05, 0) is 89.9 Å². The largest absolute Gasteiger partial charge is 0.394 e. The summed E-state index contributed by atoms with van der Waals surface area (Å²) in [4.78, 5) is 12.6. The van der Waals surface area contributed by atoms with Crippen LogP contribution in [0.2, 0.25) is 0 Å². The van der Waals surface area contributed by atoms with Crippen molar-refractivity contribution in [2.75, 3.05) is 6.61 Å². The van der Waals surface area contributed by atoms with E-state index in [2.05, 4.69) is 104 Å². The van der Waals surface area contributed by atoms with E-state index in [-0.39, 0.29) is 12.5 Å². The van der Waals surface area contributed by atoms with Gasteiger partial charge in [-0.25, -0.2) is 0 Å². The van der Waals surface area contributed by atoms with Crippen LogP contribution in [0.1, 0.15) is 386 Å². The van der Waals surface area contributed by atoms with Gasteiger partial charge >= 0.3 is 0 Å². The van der Waals surface area contributed by atoms with Crippen LogP contribution in [0, 0.1) is 0 Å². The Morgan fingerprint density at radius 3 is 0.833 bits per heavy atom. The fourth-order valence-corrected chi connectivity index (χ4v) is 11.4. The molecular formula is C80H145NO3. The van der Waals surface area contributed by atoms with Gasteiger partial charge in [0.05, 0.1) is 18.8 Å². The molecule has 0 aromatic carbocycles. The molecule has 0 spiro atoms. The summed E-state index contributed by atoms with van der Waals surface area (Å²) in [6, 6.07) is -0.650. The SMILES string of the molecule is CC/C=C\C/C=C\C/C=C\C/C=C\C/C=C\CCCCCCCCCCCCCCCCCCCCCCCCCCCC(=O)NC(CO)C(O)/C=C/CC/C=C/CC/C=C/CCCCCCCCCCCCCCCCCCCCCCC. The summed E-state index contributed by atoms with van der Waals surface area (Å²) in [5.74, 6) is -0.0725. The normalized spacial score (nSPS) is 13.2. The number of aliphatic hydroxyl groups is 2. The van der Waals surface area contributed by atoms with E-state index in [1.54, 1.807) is 6.08 Å². The minimum atomic E-state index is -0.875. The van der Waals surface area contributed by atoms with Crippen molar-refractivity contribution < 1.29 is 15.0 Å². The molecule has 2 atom stereocenters. The van der Waals surface area contributed by atoms with Gasteiger partial charge in [0.25, 0.3) is 0 Å². The quantitative estimate of drug-likeness (QED) is 0.0420. The Morgan fingerprint density at radius 1 is 0.298 bits per heavy atom. The van der Waals surface area contributed by atoms with Gasteiger partial charge in [0, 0.05) is 6.42 Å². The van der Waals surface area contributed by atoms with Crippen molar-refractivity contribution in [3.8, 4) is 0 Å². The lowest BCUT2D eigenvalue weighted by Crippen LogP contribution is -2.45. The van der Waals surface area contributed by atoms with Gasteiger partial charge in [-0.2, -0.15) is 0 Å². The molecule has 2 unspecified atom stereocenters. The molecule has 1 amide bonds. The van der Waals surface area contributed by atoms with Gasteiger partial charge in [0.2, 0.25) is 5.91 Å². The van der Waals surface area contributed by atoms with Crippen LogP contribution in [-0.2, 0) is 4.79 Å². The molecule has 0 saturated carbocycles. The zero-order valence-electron chi connectivity index (χ0n) is 56.4. The van der Waals surface area contributed by atoms with Crippen LogP contribution in [0.4, 0.5) is 0 Å². The van der Waals surface area contributed by atoms with Crippen molar-refractivity contribution in [1.82, 2.24) is 5.32 Å². The van der Waals surface area contributed by atoms with E-state index < -0.39 is 12.1 Å². The number of rotatable bonds is 69. The first-order valence-electron chi connectivity index (χ1n) is 37.5. The lowest BCUT2D eigenvalue weighted by atomic mass is 10.0. The zero-order chi connectivity index (χ0) is 60.5. The highest BCUT2D eigenvalue weighted by Gasteiger charge is 2.18. The predicted octanol–water partition coefficient (Wildman–Crippen LogP) is 25.9. The van der Waals surface area contributed by atoms with E-state index in [1.165, 1.54) is 295 Å². The topological polar surface area (TPSA) is 69.6 Å². The molecule has 0 radical (unpaired) electrons. The molecule has 0 saturated heterocycles. The Hall–Kier alpha value is -2.69. The van der Waals surface area contributed by atoms with Crippen molar-refractivity contribution in [2.24, 2.45) is 0 Å². The molecule has 0 aromatic rings. The molecule has 0 heterocycles. The maximum Gasteiger partial charge on any atom is 0.220 e. The van der Waals surface area contributed by atoms with Crippen LogP contribution in [-0.4, -0.2) is 34.9 Å². The second-order valence-corrected chi connectivity index (χ2v) is 25.3. The van der Waals surface area contributed by atoms with Gasteiger partial charge in [-0.3, -0.25) is 4.79 Å². The standard InChI is InChI=1S/C80H145NO3/c1-3-5-7-9-11-13-15-17-19-21-23-25-27-29-31-33-35-36-37-38-39-40-41-42-43-44-46-48-50-52-54-56-58-60-62-64-66-68-70-72-74-76-80(84)81-78(77-82)79(83)75-73-71-69-67-65-63-61-59-57-55-53-51-49-47-45-34-32-30-28-26-24-22-20-18-16-14-12-10-8-6-4-2/h5,7,11,13,17,19,23,25,29,31,57,59,65,67,73,75,78-79,82-83H,3-4,6,8-10,12,14-16,18,20-22,24,26-28,30,32-56,58,60-64,66,68-72,74,76-77H2,1-2H3,(H,81,84)/b7-5-,13-11-,19-17-,25-23-,31-29-,59-57+,67-65+,75-73+. The predicted molar refractivity (Wildman–Crippen MR) is 377 cm³/mol. The average molecular weight is 1170 g/mol. The second-order valence-electron chi connectivity index (χ2n) is 25.3. The fourth-order valence-electron chi connectivity index (χ4n) is 11.4. The Labute approximate surface area is 525 Å². The highest BCUT2D eigenvalue weighted by Crippen LogP contribution is 2.19. The first kappa shape index (κ1) is 81.3. The summed E-state index contributed by atoms with van der Waals surface area (Å²) >= 11 is 0. The van der Waals surface area contributed by atoms with Gasteiger partial charge < -0.3 is 15.5 Å². The maximum absolute atomic E-state index is 12.6. The average Bonchev–Trinajstić information content (AvgIpc) is 3.51. The minimum Gasteiger partial charge on any atom is -0.394 e. The number of nitrogens with one attached hydrogen (secondary N) is 1. The summed E-state index contributed by atoms with van der Waals surface area (Å²) < 4.78 is 0. The van der Waals surface area contributed by atoms with Crippen molar-refractivity contribution in [1.29, 1.82) is 0 Å². The number of unbranched alkanes of at least 4 members (excludes halogenated alkanes) is 48. The monoisotopic (exact) mass is 1170 g/mol. The number of carbonyl (C=O) groups excluding carboxylic acids is 1. The maximum atomic E-state index is 12.6. The van der Waals surface area contributed by atoms with Crippen LogP contribution < -0.4 is 5.32 Å². The van der Waals surface area contributed by atoms with Gasteiger partial charge in [-0.1, -0.05) is 387 Å². The van der Waals surface area contributed by atoms with Crippen LogP contribution in [0.15, 0.2) is 97.2 Å². The molecule has 0 fully saturated rings. The van der Waals surface area contributed by atoms with E-state index in [9.17, 15) is 15.0 Å². The molecule has 84 heavy (non-hydrogen) atoms. The Bertz CT molecular complexity index is 1520. The number of amides is 1. The summed E-state index contributed by atoms with van der Waals surface area (Å²) in [5, 5.41) is 23.3. The van der Waals surface area contributed by atoms with Crippen LogP contribution in [0.3, 0.4) is 0 Å². The summed E-state index contributed by atoms with van der Waals surface area (Å²) in [6.45, 7) is 4.21. The smallest absolute Gasteiger partial charge is 0.220 e. The first-order chi connectivity index (χ1) is 41.7. The number of carbonyl (C=O) groups is 1. The molecular weight excluding hydrogens is 1020 g/mol. The highest BCUT2D eigenvalue weighted by atomic mass is 16.3. The van der Waals surface area contributed by atoms with E-state index in [4.69, 9.17) is 0 Å². The molecule has 4 nitrogen and oxygen atoms in total. The van der Waals surface area contributed by atoms with Crippen molar-refractivity contribution in [3.05, 3.63) is 97.2 Å². The van der Waals surface area contributed by atoms with Gasteiger partial charge in [-0.15, -0.1) is 0 Å². The van der Waals surface area contributed by atoms with Crippen molar-refractivity contribution in [3.63, 3.8) is 0 Å². The zero-order valence-corrected chi connectivity index (χ0v) is 56.4. The molecule has 0 bridgehead atoms. The minimum absolute atomic E-state index is 0.0725. The van der Waals surface area contributed by atoms with Crippen LogP contribution in [0.25, 0.3) is 0 Å². The van der Waals surface area contributed by atoms with E-state index in [0.717, 1.165) is 70.6 Å². The third-order valence-corrected chi connectivity index (χ3v) is 17.0. The lowest BCUT2D eigenvalue weighted by molar-refractivity contribution is -0.123. The van der Waals surface area contributed by atoms with Crippen molar-refractivity contribution >= 4 is 5.91 Å². The Balaban J connectivity index is 3.47. The second kappa shape index (κ2) is 74.6. The van der Waals surface area contributed by atoms with Crippen molar-refractivity contribution in [2.45, 2.75) is 398 Å². The molecule has 0 rings (SSSR count). The molecule has 0 aliphatic carbocycles. The summed E-state index contributed by atoms with van der Waals surface area (Å²) in [7, 11) is 0. The number of hydrogen-bond acceptors (Lipinski definition) is 3. The number of hydrogen-bond donors (Lipinski definition) is 3. The van der Waals surface area contributed by atoms with Crippen LogP contribution >= 0.6 is 0 Å². The summed E-state index contributed by atoms with van der Waals surface area (Å²) in [6.07, 6.45) is 111. The summed E-state index contributed by atoms with van der Waals surface area (Å²) in [5.41, 5.74) is 0. The third kappa shape index (κ3) is 70.1. The molecule has 4 heteroatoms. The lowest BCUT2D eigenvalue weighted by Gasteiger charge is -2.19. The Kier molecular flexibility index (Phi) is 72.2. The fraction of sp³-hybridized carbons (Fsp3) is 0.787. The molecule has 0 aliphatic heterocycles. The highest BCUT2D eigenvalue weighted by molar-refractivity contribution is 5.76. The molecule has 0 aromatic heterocycles. The van der Waals surface area contributed by atoms with Gasteiger partial charge in [0.1, 0.15) is 0 Å².